The van der Waals surface area contributed by atoms with Gasteiger partial charge in [-0.2, -0.15) is 11.8 Å². The Morgan fingerprint density at radius 3 is 2.93 bits per heavy atom. The molecule has 1 saturated heterocycles. The van der Waals surface area contributed by atoms with Crippen molar-refractivity contribution in [3.8, 4) is 5.75 Å². The SMILES string of the molecule is CCSCc1cc(C(=O)Nc2nc3c(OC)ccc(N4CCOCC4)c3s2)ccn1. The number of carbonyl (C=O) groups excluding carboxylic acids is 1. The van der Waals surface area contributed by atoms with Crippen LogP contribution in [0.3, 0.4) is 0 Å². The standard InChI is InChI=1S/C21H24N4O3S2/c1-3-29-13-15-12-14(6-7-22-15)20(26)24-21-23-18-17(27-2)5-4-16(19(18)30-21)25-8-10-28-11-9-25/h4-7,12H,3,8-11,13H2,1-2H3,(H,23,24,26). The summed E-state index contributed by atoms with van der Waals surface area (Å²) in [5, 5.41) is 3.50. The number of pyridine rings is 1. The van der Waals surface area contributed by atoms with E-state index in [-0.39, 0.29) is 5.91 Å². The molecule has 9 heteroatoms. The van der Waals surface area contributed by atoms with Crippen LogP contribution in [0.25, 0.3) is 10.2 Å². The van der Waals surface area contributed by atoms with Crippen molar-refractivity contribution >= 4 is 50.0 Å². The third-order valence-corrected chi connectivity index (χ3v) is 6.71. The Kier molecular flexibility index (Phi) is 6.71. The number of ether oxygens (including phenoxy) is 2. The van der Waals surface area contributed by atoms with Gasteiger partial charge in [-0.3, -0.25) is 15.1 Å². The minimum atomic E-state index is -0.189. The number of methoxy groups -OCH3 is 1. The first-order chi connectivity index (χ1) is 14.7. The molecule has 2 aromatic heterocycles. The number of morpholine rings is 1. The first-order valence-electron chi connectivity index (χ1n) is 9.84. The largest absolute Gasteiger partial charge is 0.494 e. The molecular formula is C21H24N4O3S2. The van der Waals surface area contributed by atoms with Crippen molar-refractivity contribution in [3.05, 3.63) is 41.7 Å². The number of hydrogen-bond donors (Lipinski definition) is 1. The van der Waals surface area contributed by atoms with Crippen LogP contribution in [-0.4, -0.2) is 55.0 Å². The van der Waals surface area contributed by atoms with Crippen molar-refractivity contribution in [2.75, 3.05) is 49.4 Å². The molecule has 0 unspecified atom stereocenters. The van der Waals surface area contributed by atoms with E-state index in [9.17, 15) is 4.79 Å². The maximum Gasteiger partial charge on any atom is 0.257 e. The molecule has 1 aliphatic heterocycles. The molecule has 0 aliphatic carbocycles. The highest BCUT2D eigenvalue weighted by atomic mass is 32.2. The van der Waals surface area contributed by atoms with Crippen LogP contribution in [0.2, 0.25) is 0 Å². The lowest BCUT2D eigenvalue weighted by Crippen LogP contribution is -2.36. The Labute approximate surface area is 183 Å². The molecule has 7 nitrogen and oxygen atoms in total. The van der Waals surface area contributed by atoms with Crippen molar-refractivity contribution in [2.24, 2.45) is 0 Å². The Bertz CT molecular complexity index is 1030. The minimum absolute atomic E-state index is 0.189. The molecule has 1 aromatic carbocycles. The Hall–Kier alpha value is -2.36. The smallest absolute Gasteiger partial charge is 0.257 e. The van der Waals surface area contributed by atoms with Gasteiger partial charge in [-0.25, -0.2) is 4.98 Å². The quantitative estimate of drug-likeness (QED) is 0.589. The molecule has 0 spiro atoms. The van der Waals surface area contributed by atoms with Gasteiger partial charge >= 0.3 is 0 Å². The maximum atomic E-state index is 12.8. The lowest BCUT2D eigenvalue weighted by Gasteiger charge is -2.29. The van der Waals surface area contributed by atoms with Crippen LogP contribution in [-0.2, 0) is 10.5 Å². The van der Waals surface area contributed by atoms with E-state index < -0.39 is 0 Å². The second kappa shape index (κ2) is 9.63. The fourth-order valence-electron chi connectivity index (χ4n) is 3.32. The molecule has 0 saturated carbocycles. The number of anilines is 2. The van der Waals surface area contributed by atoms with Gasteiger partial charge in [0.05, 0.1) is 36.4 Å². The fraction of sp³-hybridized carbons (Fsp3) is 0.381. The summed E-state index contributed by atoms with van der Waals surface area (Å²) in [5.74, 6) is 2.31. The number of nitrogens with one attached hydrogen (secondary N) is 1. The van der Waals surface area contributed by atoms with Gasteiger partial charge in [0.2, 0.25) is 0 Å². The van der Waals surface area contributed by atoms with Gasteiger partial charge in [0.25, 0.3) is 5.91 Å². The highest BCUT2D eigenvalue weighted by molar-refractivity contribution is 7.98. The van der Waals surface area contributed by atoms with E-state index in [4.69, 9.17) is 9.47 Å². The van der Waals surface area contributed by atoms with Gasteiger partial charge in [-0.05, 0) is 30.0 Å². The number of carbonyl (C=O) groups is 1. The van der Waals surface area contributed by atoms with Crippen molar-refractivity contribution in [3.63, 3.8) is 0 Å². The number of nitrogens with zero attached hydrogens (tertiary/aromatic N) is 3. The number of amides is 1. The van der Waals surface area contributed by atoms with Crippen molar-refractivity contribution in [2.45, 2.75) is 12.7 Å². The Morgan fingerprint density at radius 1 is 1.33 bits per heavy atom. The minimum Gasteiger partial charge on any atom is -0.494 e. The summed E-state index contributed by atoms with van der Waals surface area (Å²) in [7, 11) is 1.63. The zero-order valence-corrected chi connectivity index (χ0v) is 18.6. The topological polar surface area (TPSA) is 76.6 Å². The van der Waals surface area contributed by atoms with Crippen LogP contribution < -0.4 is 15.0 Å². The Balaban J connectivity index is 1.60. The molecule has 1 N–H and O–H groups in total. The number of fused-ring (bicyclic) bond motifs is 1. The molecule has 3 aromatic rings. The van der Waals surface area contributed by atoms with Crippen molar-refractivity contribution < 1.29 is 14.3 Å². The zero-order chi connectivity index (χ0) is 20.9. The third-order valence-electron chi connectivity index (χ3n) is 4.81. The van der Waals surface area contributed by atoms with E-state index in [1.165, 1.54) is 11.3 Å². The summed E-state index contributed by atoms with van der Waals surface area (Å²) in [5.41, 5.74) is 3.33. The average Bonchev–Trinajstić information content (AvgIpc) is 3.21. The van der Waals surface area contributed by atoms with Gasteiger partial charge in [0, 0.05) is 30.6 Å². The highest BCUT2D eigenvalue weighted by Gasteiger charge is 2.20. The summed E-state index contributed by atoms with van der Waals surface area (Å²) in [6, 6.07) is 7.55. The van der Waals surface area contributed by atoms with Crippen LogP contribution in [0.15, 0.2) is 30.5 Å². The molecule has 158 valence electrons. The predicted molar refractivity (Wildman–Crippen MR) is 123 cm³/mol. The van der Waals surface area contributed by atoms with Gasteiger partial charge < -0.3 is 14.4 Å². The number of thiazole rings is 1. The van der Waals surface area contributed by atoms with Gasteiger partial charge in [-0.15, -0.1) is 0 Å². The average molecular weight is 445 g/mol. The Morgan fingerprint density at radius 2 is 2.17 bits per heavy atom. The van der Waals surface area contributed by atoms with E-state index in [0.717, 1.165) is 46.2 Å². The van der Waals surface area contributed by atoms with Gasteiger partial charge in [0.1, 0.15) is 11.3 Å². The molecule has 0 bridgehead atoms. The van der Waals surface area contributed by atoms with E-state index in [2.05, 4.69) is 33.2 Å². The van der Waals surface area contributed by atoms with Crippen molar-refractivity contribution in [1.82, 2.24) is 9.97 Å². The number of hydrogen-bond acceptors (Lipinski definition) is 8. The molecule has 4 rings (SSSR count). The van der Waals surface area contributed by atoms with E-state index in [1.54, 1.807) is 31.1 Å². The normalized spacial score (nSPS) is 14.1. The first kappa shape index (κ1) is 20.9. The molecule has 1 aliphatic rings. The van der Waals surface area contributed by atoms with Crippen LogP contribution >= 0.6 is 23.1 Å². The molecule has 0 radical (unpaired) electrons. The summed E-state index contributed by atoms with van der Waals surface area (Å²) in [6.45, 7) is 5.17. The fourth-order valence-corrected chi connectivity index (χ4v) is 4.91. The maximum absolute atomic E-state index is 12.8. The van der Waals surface area contributed by atoms with Crippen LogP contribution in [0.1, 0.15) is 23.0 Å². The third kappa shape index (κ3) is 4.53. The molecule has 30 heavy (non-hydrogen) atoms. The van der Waals surface area contributed by atoms with Gasteiger partial charge in [-0.1, -0.05) is 18.3 Å². The highest BCUT2D eigenvalue weighted by Crippen LogP contribution is 2.39. The number of thioether (sulfide) groups is 1. The van der Waals surface area contributed by atoms with E-state index in [1.807, 2.05) is 12.1 Å². The summed E-state index contributed by atoms with van der Waals surface area (Å²) in [4.78, 5) is 24.1. The lowest BCUT2D eigenvalue weighted by atomic mass is 10.2. The number of rotatable bonds is 7. The van der Waals surface area contributed by atoms with Crippen molar-refractivity contribution in [1.29, 1.82) is 0 Å². The molecular weight excluding hydrogens is 420 g/mol. The number of benzene rings is 1. The van der Waals surface area contributed by atoms with Gasteiger partial charge in [0.15, 0.2) is 5.13 Å². The molecule has 3 heterocycles. The summed E-state index contributed by atoms with van der Waals surface area (Å²) < 4.78 is 12.0. The van der Waals surface area contributed by atoms with E-state index >= 15 is 0 Å². The second-order valence-electron chi connectivity index (χ2n) is 6.71. The monoisotopic (exact) mass is 444 g/mol. The molecule has 0 atom stereocenters. The van der Waals surface area contributed by atoms with Crippen LogP contribution in [0, 0.1) is 0 Å². The summed E-state index contributed by atoms with van der Waals surface area (Å²) >= 11 is 3.24. The van der Waals surface area contributed by atoms with E-state index in [0.29, 0.717) is 29.7 Å². The number of aromatic nitrogens is 2. The summed E-state index contributed by atoms with van der Waals surface area (Å²) in [6.07, 6.45) is 1.68. The lowest BCUT2D eigenvalue weighted by molar-refractivity contribution is 0.102. The van der Waals surface area contributed by atoms with Crippen LogP contribution in [0.4, 0.5) is 10.8 Å². The predicted octanol–water partition coefficient (Wildman–Crippen LogP) is 4.04. The zero-order valence-electron chi connectivity index (χ0n) is 17.0. The van der Waals surface area contributed by atoms with Crippen LogP contribution in [0.5, 0.6) is 5.75 Å². The molecule has 1 fully saturated rings. The first-order valence-corrected chi connectivity index (χ1v) is 11.8. The molecule has 1 amide bonds. The second-order valence-corrected chi connectivity index (χ2v) is 8.98.